The quantitative estimate of drug-likeness (QED) is 0.603. The van der Waals surface area contributed by atoms with E-state index in [9.17, 15) is 22.9 Å². The van der Waals surface area contributed by atoms with E-state index in [1.54, 1.807) is 0 Å². The molecule has 0 aliphatic rings. The molecule has 0 aromatic heterocycles. The molecule has 0 heterocycles. The maximum absolute atomic E-state index is 13.4. The van der Waals surface area contributed by atoms with Gasteiger partial charge in [-0.1, -0.05) is 6.07 Å². The van der Waals surface area contributed by atoms with Gasteiger partial charge in [-0.3, -0.25) is 10.1 Å². The molecule has 0 radical (unpaired) electrons. The van der Waals surface area contributed by atoms with Crippen molar-refractivity contribution < 1.29 is 17.7 Å². The molecule has 0 atom stereocenters. The van der Waals surface area contributed by atoms with Gasteiger partial charge in [0.15, 0.2) is 4.90 Å². The summed E-state index contributed by atoms with van der Waals surface area (Å²) >= 11 is 0. The first-order valence-corrected chi connectivity index (χ1v) is 6.01. The van der Waals surface area contributed by atoms with Crippen molar-refractivity contribution in [3.05, 3.63) is 34.1 Å². The lowest BCUT2D eigenvalue weighted by Crippen LogP contribution is -2.30. The van der Waals surface area contributed by atoms with E-state index in [1.165, 1.54) is 0 Å². The van der Waals surface area contributed by atoms with Gasteiger partial charge in [0.25, 0.3) is 5.69 Å². The van der Waals surface area contributed by atoms with Crippen molar-refractivity contribution in [3.8, 4) is 0 Å². The third kappa shape index (κ3) is 3.60. The van der Waals surface area contributed by atoms with Gasteiger partial charge in [-0.25, -0.2) is 17.5 Å². The van der Waals surface area contributed by atoms with Gasteiger partial charge in [-0.15, -0.1) is 12.4 Å². The molecule has 3 N–H and O–H groups in total. The average molecular weight is 300 g/mol. The Morgan fingerprint density at radius 1 is 1.44 bits per heavy atom. The number of hydrogen-bond acceptors (Lipinski definition) is 5. The molecule has 0 amide bonds. The molecule has 0 unspecified atom stereocenters. The van der Waals surface area contributed by atoms with Crippen LogP contribution in [0.5, 0.6) is 0 Å². The number of benzene rings is 1. The van der Waals surface area contributed by atoms with Gasteiger partial charge in [0.05, 0.1) is 4.92 Å². The second-order valence-electron chi connectivity index (χ2n) is 3.03. The Balaban J connectivity index is 0.00000289. The van der Waals surface area contributed by atoms with E-state index in [2.05, 4.69) is 0 Å². The molecular formula is C8H11ClFN3O4S. The Kier molecular flexibility index (Phi) is 6.12. The monoisotopic (exact) mass is 299 g/mol. The molecule has 1 rings (SSSR count). The van der Waals surface area contributed by atoms with Crippen molar-refractivity contribution in [2.45, 2.75) is 4.90 Å². The number of nitrogens with two attached hydrogens (primary N) is 1. The molecule has 10 heteroatoms. The topological polar surface area (TPSA) is 115 Å². The highest BCUT2D eigenvalue weighted by atomic mass is 35.5. The third-order valence-electron chi connectivity index (χ3n) is 1.85. The lowest BCUT2D eigenvalue weighted by atomic mass is 10.3. The zero-order valence-corrected chi connectivity index (χ0v) is 10.6. The third-order valence-corrected chi connectivity index (χ3v) is 3.37. The summed E-state index contributed by atoms with van der Waals surface area (Å²) in [5.41, 5.74) is 4.28. The fourth-order valence-electron chi connectivity index (χ4n) is 1.17. The van der Waals surface area contributed by atoms with Gasteiger partial charge in [0.2, 0.25) is 10.0 Å². The van der Waals surface area contributed by atoms with Crippen LogP contribution < -0.4 is 10.5 Å². The maximum Gasteiger partial charge on any atom is 0.292 e. The molecular weight excluding hydrogens is 289 g/mol. The summed E-state index contributed by atoms with van der Waals surface area (Å²) in [7, 11) is -4.28. The van der Waals surface area contributed by atoms with Crippen LogP contribution in [0.1, 0.15) is 0 Å². The highest BCUT2D eigenvalue weighted by Crippen LogP contribution is 2.25. The highest BCUT2D eigenvalue weighted by Gasteiger charge is 2.29. The fourth-order valence-corrected chi connectivity index (χ4v) is 2.45. The van der Waals surface area contributed by atoms with E-state index < -0.39 is 31.3 Å². The second-order valence-corrected chi connectivity index (χ2v) is 4.74. The average Bonchev–Trinajstić information content (AvgIpc) is 2.25. The predicted molar refractivity (Wildman–Crippen MR) is 64.5 cm³/mol. The van der Waals surface area contributed by atoms with E-state index in [-0.39, 0.29) is 25.5 Å². The van der Waals surface area contributed by atoms with Crippen LogP contribution in [-0.4, -0.2) is 26.4 Å². The molecule has 18 heavy (non-hydrogen) atoms. The molecule has 0 fully saturated rings. The smallest absolute Gasteiger partial charge is 0.292 e. The largest absolute Gasteiger partial charge is 0.329 e. The van der Waals surface area contributed by atoms with Crippen LogP contribution in [0.4, 0.5) is 10.1 Å². The van der Waals surface area contributed by atoms with Crippen molar-refractivity contribution in [1.82, 2.24) is 4.72 Å². The normalized spacial score (nSPS) is 10.8. The number of nitro groups is 1. The van der Waals surface area contributed by atoms with Crippen molar-refractivity contribution in [1.29, 1.82) is 0 Å². The number of nitrogens with one attached hydrogen (secondary N) is 1. The van der Waals surface area contributed by atoms with Gasteiger partial charge in [-0.05, 0) is 6.07 Å². The van der Waals surface area contributed by atoms with Crippen molar-refractivity contribution in [2.24, 2.45) is 5.73 Å². The first-order chi connectivity index (χ1) is 7.90. The van der Waals surface area contributed by atoms with Crippen LogP contribution in [0, 0.1) is 15.9 Å². The van der Waals surface area contributed by atoms with Crippen LogP contribution in [0.3, 0.4) is 0 Å². The van der Waals surface area contributed by atoms with Crippen molar-refractivity contribution in [2.75, 3.05) is 13.1 Å². The minimum atomic E-state index is -4.28. The molecule has 7 nitrogen and oxygen atoms in total. The van der Waals surface area contributed by atoms with Crippen LogP contribution in [0.15, 0.2) is 23.1 Å². The van der Waals surface area contributed by atoms with E-state index >= 15 is 0 Å². The molecule has 102 valence electrons. The fraction of sp³-hybridized carbons (Fsp3) is 0.250. The Labute approximate surface area is 109 Å². The highest BCUT2D eigenvalue weighted by molar-refractivity contribution is 7.89. The molecule has 0 aliphatic heterocycles. The predicted octanol–water partition coefficient (Wildman–Crippen LogP) is 0.393. The second kappa shape index (κ2) is 6.59. The molecule has 0 saturated heterocycles. The number of nitrogens with zero attached hydrogens (tertiary/aromatic N) is 1. The molecule has 0 saturated carbocycles. The standard InChI is InChI=1S/C8H10FN3O4S.ClH/c9-6-2-1-3-7(12(13)14)8(6)17(15,16)11-5-4-10;/h1-3,11H,4-5,10H2;1H. The maximum atomic E-state index is 13.4. The Hall–Kier alpha value is -1.29. The van der Waals surface area contributed by atoms with Gasteiger partial charge in [0.1, 0.15) is 5.82 Å². The number of hydrogen-bond donors (Lipinski definition) is 2. The molecule has 1 aromatic rings. The SMILES string of the molecule is Cl.NCCNS(=O)(=O)c1c(F)cccc1[N+](=O)[O-]. The van der Waals surface area contributed by atoms with Gasteiger partial charge < -0.3 is 5.73 Å². The number of nitro benzene ring substituents is 1. The summed E-state index contributed by atoms with van der Waals surface area (Å²) < 4.78 is 38.6. The molecule has 0 aliphatic carbocycles. The summed E-state index contributed by atoms with van der Waals surface area (Å²) in [4.78, 5) is 8.68. The summed E-state index contributed by atoms with van der Waals surface area (Å²) in [6.45, 7) is -0.130. The Morgan fingerprint density at radius 3 is 2.56 bits per heavy atom. The van der Waals surface area contributed by atoms with Gasteiger partial charge in [0, 0.05) is 19.2 Å². The van der Waals surface area contributed by atoms with E-state index in [0.717, 1.165) is 18.2 Å². The van der Waals surface area contributed by atoms with Crippen molar-refractivity contribution >= 4 is 28.1 Å². The lowest BCUT2D eigenvalue weighted by Gasteiger charge is -2.06. The lowest BCUT2D eigenvalue weighted by molar-refractivity contribution is -0.388. The van der Waals surface area contributed by atoms with E-state index in [1.807, 2.05) is 4.72 Å². The van der Waals surface area contributed by atoms with E-state index in [0.29, 0.717) is 0 Å². The number of halogens is 2. The van der Waals surface area contributed by atoms with Crippen LogP contribution in [0.25, 0.3) is 0 Å². The Bertz CT molecular complexity index is 537. The molecule has 1 aromatic carbocycles. The zero-order chi connectivity index (χ0) is 13.1. The number of rotatable bonds is 5. The zero-order valence-electron chi connectivity index (χ0n) is 9.00. The van der Waals surface area contributed by atoms with Crippen molar-refractivity contribution in [3.63, 3.8) is 0 Å². The van der Waals surface area contributed by atoms with Crippen LogP contribution >= 0.6 is 12.4 Å². The summed E-state index contributed by atoms with van der Waals surface area (Å²) in [5, 5.41) is 10.6. The summed E-state index contributed by atoms with van der Waals surface area (Å²) in [5.74, 6) is -1.18. The molecule has 0 spiro atoms. The van der Waals surface area contributed by atoms with Crippen LogP contribution in [0.2, 0.25) is 0 Å². The first kappa shape index (κ1) is 16.7. The first-order valence-electron chi connectivity index (χ1n) is 4.53. The number of sulfonamides is 1. The Morgan fingerprint density at radius 2 is 2.06 bits per heavy atom. The van der Waals surface area contributed by atoms with E-state index in [4.69, 9.17) is 5.73 Å². The molecule has 0 bridgehead atoms. The minimum Gasteiger partial charge on any atom is -0.329 e. The minimum absolute atomic E-state index is 0. The van der Waals surface area contributed by atoms with Gasteiger partial charge >= 0.3 is 0 Å². The summed E-state index contributed by atoms with van der Waals surface area (Å²) in [6, 6.07) is 2.82. The summed E-state index contributed by atoms with van der Waals surface area (Å²) in [6.07, 6.45) is 0. The van der Waals surface area contributed by atoms with Crippen LogP contribution in [-0.2, 0) is 10.0 Å². The van der Waals surface area contributed by atoms with Gasteiger partial charge in [-0.2, -0.15) is 0 Å².